The van der Waals surface area contributed by atoms with E-state index in [1.165, 1.54) is 23.5 Å². The number of nitrogens with one attached hydrogen (secondary N) is 2. The van der Waals surface area contributed by atoms with Crippen molar-refractivity contribution in [2.75, 3.05) is 12.4 Å². The van der Waals surface area contributed by atoms with Crippen molar-refractivity contribution in [3.8, 4) is 5.75 Å². The largest absolute Gasteiger partial charge is 0.497 e. The number of hydrogen-bond acceptors (Lipinski definition) is 6. The van der Waals surface area contributed by atoms with Gasteiger partial charge in [0.1, 0.15) is 11.8 Å². The SMILES string of the molecule is COc1ccc2nc(NC(=O)C(NS(=O)(=O)c3ccc(C)cc3)C(C)C)sc2c1. The zero-order valence-electron chi connectivity index (χ0n) is 16.6. The molecular formula is C20H23N3O4S2. The standard InChI is InChI=1S/C20H23N3O4S2/c1-12(2)18(23-29(25,26)15-8-5-13(3)6-9-15)19(24)22-20-21-16-10-7-14(27-4)11-17(16)28-20/h5-12,18,23H,1-4H3,(H,21,22,24). The highest BCUT2D eigenvalue weighted by Crippen LogP contribution is 2.29. The third-order valence-corrected chi connectivity index (χ3v) is 6.78. The predicted octanol–water partition coefficient (Wildman–Crippen LogP) is 3.55. The molecule has 3 rings (SSSR count). The molecular weight excluding hydrogens is 410 g/mol. The Morgan fingerprint density at radius 2 is 1.83 bits per heavy atom. The molecule has 0 aliphatic carbocycles. The molecule has 0 saturated carbocycles. The van der Waals surface area contributed by atoms with Crippen LogP contribution in [-0.2, 0) is 14.8 Å². The van der Waals surface area contributed by atoms with Crippen LogP contribution < -0.4 is 14.8 Å². The van der Waals surface area contributed by atoms with Gasteiger partial charge < -0.3 is 10.1 Å². The number of nitrogens with zero attached hydrogens (tertiary/aromatic N) is 1. The minimum Gasteiger partial charge on any atom is -0.497 e. The lowest BCUT2D eigenvalue weighted by Gasteiger charge is -2.21. The third-order valence-electron chi connectivity index (χ3n) is 4.39. The van der Waals surface area contributed by atoms with Gasteiger partial charge in [-0.05, 0) is 43.2 Å². The highest BCUT2D eigenvalue weighted by molar-refractivity contribution is 7.89. The molecule has 0 aliphatic rings. The number of carbonyl (C=O) groups is 1. The van der Waals surface area contributed by atoms with Crippen LogP contribution in [0.1, 0.15) is 19.4 Å². The molecule has 0 bridgehead atoms. The van der Waals surface area contributed by atoms with Crippen molar-refractivity contribution in [3.05, 3.63) is 48.0 Å². The summed E-state index contributed by atoms with van der Waals surface area (Å²) in [6.07, 6.45) is 0. The molecule has 1 amide bonds. The molecule has 7 nitrogen and oxygen atoms in total. The Labute approximate surface area is 174 Å². The van der Waals surface area contributed by atoms with E-state index in [1.54, 1.807) is 45.2 Å². The minimum atomic E-state index is -3.84. The lowest BCUT2D eigenvalue weighted by Crippen LogP contribution is -2.47. The fourth-order valence-electron chi connectivity index (χ4n) is 2.71. The van der Waals surface area contributed by atoms with Gasteiger partial charge in [0.05, 0.1) is 22.2 Å². The van der Waals surface area contributed by atoms with E-state index in [9.17, 15) is 13.2 Å². The van der Waals surface area contributed by atoms with Crippen LogP contribution in [0.5, 0.6) is 5.75 Å². The van der Waals surface area contributed by atoms with Crippen LogP contribution in [0.25, 0.3) is 10.2 Å². The number of thiazole rings is 1. The van der Waals surface area contributed by atoms with Crippen LogP contribution in [0.3, 0.4) is 0 Å². The molecule has 2 aromatic carbocycles. The fraction of sp³-hybridized carbons (Fsp3) is 0.300. The topological polar surface area (TPSA) is 97.4 Å². The van der Waals surface area contributed by atoms with Crippen molar-refractivity contribution < 1.29 is 17.9 Å². The maximum Gasteiger partial charge on any atom is 0.244 e. The molecule has 154 valence electrons. The highest BCUT2D eigenvalue weighted by Gasteiger charge is 2.29. The molecule has 1 atom stereocenters. The highest BCUT2D eigenvalue weighted by atomic mass is 32.2. The molecule has 1 unspecified atom stereocenters. The fourth-order valence-corrected chi connectivity index (χ4v) is 4.95. The van der Waals surface area contributed by atoms with Gasteiger partial charge in [-0.2, -0.15) is 4.72 Å². The first-order chi connectivity index (χ1) is 13.7. The zero-order chi connectivity index (χ0) is 21.2. The normalized spacial score (nSPS) is 12.9. The number of carbonyl (C=O) groups excluding carboxylic acids is 1. The van der Waals surface area contributed by atoms with Gasteiger partial charge in [0.2, 0.25) is 15.9 Å². The second kappa shape index (κ2) is 8.48. The Balaban J connectivity index is 1.80. The Morgan fingerprint density at radius 1 is 1.14 bits per heavy atom. The van der Waals surface area contributed by atoms with Gasteiger partial charge >= 0.3 is 0 Å². The van der Waals surface area contributed by atoms with E-state index in [2.05, 4.69) is 15.0 Å². The first-order valence-electron chi connectivity index (χ1n) is 9.04. The van der Waals surface area contributed by atoms with Gasteiger partial charge in [-0.15, -0.1) is 0 Å². The van der Waals surface area contributed by atoms with Crippen molar-refractivity contribution in [2.24, 2.45) is 5.92 Å². The Kier molecular flexibility index (Phi) is 6.21. The van der Waals surface area contributed by atoms with Crippen molar-refractivity contribution in [3.63, 3.8) is 0 Å². The van der Waals surface area contributed by atoms with E-state index in [4.69, 9.17) is 4.74 Å². The van der Waals surface area contributed by atoms with Gasteiger partial charge in [-0.3, -0.25) is 4.79 Å². The van der Waals surface area contributed by atoms with Gasteiger partial charge in [0.25, 0.3) is 0 Å². The second-order valence-electron chi connectivity index (χ2n) is 7.00. The van der Waals surface area contributed by atoms with Gasteiger partial charge in [-0.25, -0.2) is 13.4 Å². The summed E-state index contributed by atoms with van der Waals surface area (Å²) in [4.78, 5) is 17.3. The molecule has 0 spiro atoms. The van der Waals surface area contributed by atoms with Gasteiger partial charge in [-0.1, -0.05) is 42.9 Å². The number of ether oxygens (including phenoxy) is 1. The molecule has 9 heteroatoms. The van der Waals surface area contributed by atoms with E-state index in [-0.39, 0.29) is 10.8 Å². The van der Waals surface area contributed by atoms with Crippen LogP contribution >= 0.6 is 11.3 Å². The summed E-state index contributed by atoms with van der Waals surface area (Å²) in [5, 5.41) is 3.14. The number of anilines is 1. The maximum atomic E-state index is 12.8. The smallest absolute Gasteiger partial charge is 0.244 e. The molecule has 2 N–H and O–H groups in total. The van der Waals surface area contributed by atoms with E-state index >= 15 is 0 Å². The molecule has 1 aromatic heterocycles. The van der Waals surface area contributed by atoms with Crippen molar-refractivity contribution in [1.82, 2.24) is 9.71 Å². The summed E-state index contributed by atoms with van der Waals surface area (Å²) in [7, 11) is -2.25. The summed E-state index contributed by atoms with van der Waals surface area (Å²) in [5.74, 6) is -0.0173. The average molecular weight is 434 g/mol. The number of methoxy groups -OCH3 is 1. The summed E-state index contributed by atoms with van der Waals surface area (Å²) in [5.41, 5.74) is 1.68. The molecule has 3 aromatic rings. The first-order valence-corrected chi connectivity index (χ1v) is 11.3. The number of benzene rings is 2. The van der Waals surface area contributed by atoms with Crippen LogP contribution in [0, 0.1) is 12.8 Å². The summed E-state index contributed by atoms with van der Waals surface area (Å²) < 4.78 is 34.0. The molecule has 1 heterocycles. The second-order valence-corrected chi connectivity index (χ2v) is 9.74. The number of fused-ring (bicyclic) bond motifs is 1. The predicted molar refractivity (Wildman–Crippen MR) is 115 cm³/mol. The van der Waals surface area contributed by atoms with E-state index in [0.29, 0.717) is 10.9 Å². The molecule has 0 aliphatic heterocycles. The van der Waals surface area contributed by atoms with Crippen LogP contribution in [0.4, 0.5) is 5.13 Å². The third kappa shape index (κ3) is 4.92. The maximum absolute atomic E-state index is 12.8. The minimum absolute atomic E-state index is 0.119. The zero-order valence-corrected chi connectivity index (χ0v) is 18.2. The van der Waals surface area contributed by atoms with Crippen LogP contribution in [-0.4, -0.2) is 32.5 Å². The van der Waals surface area contributed by atoms with Crippen molar-refractivity contribution in [1.29, 1.82) is 0 Å². The molecule has 0 fully saturated rings. The quantitative estimate of drug-likeness (QED) is 0.594. The van der Waals surface area contributed by atoms with E-state index in [0.717, 1.165) is 15.8 Å². The number of amides is 1. The lowest BCUT2D eigenvalue weighted by molar-refractivity contribution is -0.118. The van der Waals surface area contributed by atoms with Gasteiger partial charge in [0, 0.05) is 0 Å². The lowest BCUT2D eigenvalue weighted by atomic mass is 10.1. The molecule has 0 saturated heterocycles. The average Bonchev–Trinajstić information content (AvgIpc) is 3.07. The number of hydrogen-bond donors (Lipinski definition) is 2. The monoisotopic (exact) mass is 433 g/mol. The summed E-state index contributed by atoms with van der Waals surface area (Å²) in [6, 6.07) is 11.0. The van der Waals surface area contributed by atoms with Crippen LogP contribution in [0.2, 0.25) is 0 Å². The molecule has 29 heavy (non-hydrogen) atoms. The Bertz CT molecular complexity index is 1120. The Morgan fingerprint density at radius 3 is 2.45 bits per heavy atom. The summed E-state index contributed by atoms with van der Waals surface area (Å²) >= 11 is 1.30. The number of aromatic nitrogens is 1. The van der Waals surface area contributed by atoms with Gasteiger partial charge in [0.15, 0.2) is 5.13 Å². The number of aryl methyl sites for hydroxylation is 1. The summed E-state index contributed by atoms with van der Waals surface area (Å²) in [6.45, 7) is 5.44. The first kappa shape index (κ1) is 21.2. The Hall–Kier alpha value is -2.49. The van der Waals surface area contributed by atoms with E-state index < -0.39 is 22.0 Å². The number of rotatable bonds is 7. The molecule has 0 radical (unpaired) electrons. The van der Waals surface area contributed by atoms with E-state index in [1.807, 2.05) is 13.0 Å². The van der Waals surface area contributed by atoms with Crippen LogP contribution in [0.15, 0.2) is 47.4 Å². The number of sulfonamides is 1. The van der Waals surface area contributed by atoms with Crippen molar-refractivity contribution in [2.45, 2.75) is 31.7 Å². The van der Waals surface area contributed by atoms with Crippen molar-refractivity contribution >= 4 is 42.6 Å².